The molecule has 1 amide bonds. The average Bonchev–Trinajstić information content (AvgIpc) is 2.51. The summed E-state index contributed by atoms with van der Waals surface area (Å²) in [6, 6.07) is 11.6. The Morgan fingerprint density at radius 3 is 2.18 bits per heavy atom. The molecule has 0 fully saturated rings. The van der Waals surface area contributed by atoms with Crippen molar-refractivity contribution in [3.8, 4) is 5.75 Å². The number of hydrogen-bond donors (Lipinski definition) is 2. The minimum absolute atomic E-state index is 0.0446. The Morgan fingerprint density at radius 2 is 1.59 bits per heavy atom. The Morgan fingerprint density at radius 1 is 1.00 bits per heavy atom. The van der Waals surface area contributed by atoms with Gasteiger partial charge in [0.15, 0.2) is 11.5 Å². The van der Waals surface area contributed by atoms with Crippen molar-refractivity contribution >= 4 is 40.6 Å². The Hall–Kier alpha value is -2.04. The van der Waals surface area contributed by atoms with Crippen molar-refractivity contribution in [1.82, 2.24) is 0 Å². The number of phenolic OH excluding ortho intramolecular Hbond substituents is 1. The first-order valence-corrected chi connectivity index (χ1v) is 7.29. The number of anilines is 1. The first-order chi connectivity index (χ1) is 10.5. The van der Waals surface area contributed by atoms with E-state index in [1.165, 1.54) is 12.1 Å². The number of rotatable bonds is 5. The molecule has 0 radical (unpaired) electrons. The van der Waals surface area contributed by atoms with E-state index in [0.29, 0.717) is 11.3 Å². The monoisotopic (exact) mass is 337 g/mol. The van der Waals surface area contributed by atoms with E-state index in [1.54, 1.807) is 24.3 Å². The summed E-state index contributed by atoms with van der Waals surface area (Å²) >= 11 is 11.5. The van der Waals surface area contributed by atoms with Crippen LogP contribution in [0.5, 0.6) is 5.75 Å². The average molecular weight is 338 g/mol. The van der Waals surface area contributed by atoms with Crippen molar-refractivity contribution in [3.05, 3.63) is 58.1 Å². The van der Waals surface area contributed by atoms with E-state index < -0.39 is 0 Å². The molecule has 2 N–H and O–H groups in total. The summed E-state index contributed by atoms with van der Waals surface area (Å²) in [5.74, 6) is -0.666. The summed E-state index contributed by atoms with van der Waals surface area (Å²) in [5.41, 5.74) is 0.941. The third kappa shape index (κ3) is 4.23. The van der Waals surface area contributed by atoms with Crippen LogP contribution in [0.15, 0.2) is 42.5 Å². The number of amides is 1. The van der Waals surface area contributed by atoms with Crippen molar-refractivity contribution in [2.45, 2.75) is 12.8 Å². The van der Waals surface area contributed by atoms with E-state index >= 15 is 0 Å². The van der Waals surface area contributed by atoms with Gasteiger partial charge < -0.3 is 10.4 Å². The second kappa shape index (κ2) is 7.29. The highest BCUT2D eigenvalue weighted by Crippen LogP contribution is 2.34. The Balaban J connectivity index is 1.92. The van der Waals surface area contributed by atoms with Gasteiger partial charge in [-0.3, -0.25) is 9.59 Å². The van der Waals surface area contributed by atoms with Gasteiger partial charge in [-0.2, -0.15) is 0 Å². The number of carbonyl (C=O) groups excluding carboxylic acids is 2. The lowest BCUT2D eigenvalue weighted by Gasteiger charge is -2.07. The summed E-state index contributed by atoms with van der Waals surface area (Å²) in [7, 11) is 0. The molecule has 114 valence electrons. The number of phenols is 1. The predicted octanol–water partition coefficient (Wildman–Crippen LogP) is 4.30. The van der Waals surface area contributed by atoms with Crippen LogP contribution in [0.3, 0.4) is 0 Å². The van der Waals surface area contributed by atoms with Crippen molar-refractivity contribution in [2.75, 3.05) is 5.32 Å². The minimum atomic E-state index is -0.331. The molecule has 0 aliphatic rings. The molecule has 0 bridgehead atoms. The van der Waals surface area contributed by atoms with Crippen molar-refractivity contribution in [3.63, 3.8) is 0 Å². The molecule has 0 heterocycles. The number of nitrogens with one attached hydrogen (secondary N) is 1. The maximum Gasteiger partial charge on any atom is 0.224 e. The summed E-state index contributed by atoms with van der Waals surface area (Å²) in [4.78, 5) is 23.7. The van der Waals surface area contributed by atoms with Crippen LogP contribution in [0.4, 0.5) is 5.69 Å². The molecule has 2 aromatic rings. The third-order valence-corrected chi connectivity index (χ3v) is 3.55. The molecular formula is C16H13Cl2NO3. The van der Waals surface area contributed by atoms with E-state index in [1.807, 2.05) is 6.07 Å². The molecule has 6 heteroatoms. The zero-order chi connectivity index (χ0) is 16.1. The summed E-state index contributed by atoms with van der Waals surface area (Å²) in [6.45, 7) is 0. The van der Waals surface area contributed by atoms with Gasteiger partial charge in [0.25, 0.3) is 0 Å². The fraction of sp³-hybridized carbons (Fsp3) is 0.125. The molecule has 0 spiro atoms. The number of carbonyl (C=O) groups is 2. The molecule has 0 unspecified atom stereocenters. The fourth-order valence-electron chi connectivity index (χ4n) is 1.86. The van der Waals surface area contributed by atoms with Gasteiger partial charge in [0.2, 0.25) is 5.91 Å². The van der Waals surface area contributed by atoms with Crippen molar-refractivity contribution < 1.29 is 14.7 Å². The zero-order valence-electron chi connectivity index (χ0n) is 11.5. The number of Topliss-reactive ketones (excluding diaryl/α,β-unsaturated/α-hetero) is 1. The van der Waals surface area contributed by atoms with Crippen LogP contribution in [0.1, 0.15) is 23.2 Å². The lowest BCUT2D eigenvalue weighted by Crippen LogP contribution is -2.13. The first-order valence-electron chi connectivity index (χ1n) is 6.53. The molecule has 4 nitrogen and oxygen atoms in total. The molecule has 0 aliphatic heterocycles. The molecular weight excluding hydrogens is 325 g/mol. The maximum absolute atomic E-state index is 11.9. The van der Waals surface area contributed by atoms with Crippen molar-refractivity contribution in [2.24, 2.45) is 0 Å². The van der Waals surface area contributed by atoms with Gasteiger partial charge in [-0.15, -0.1) is 0 Å². The summed E-state index contributed by atoms with van der Waals surface area (Å²) in [6.07, 6.45) is 0.152. The largest absolute Gasteiger partial charge is 0.505 e. The first kappa shape index (κ1) is 16.3. The Kier molecular flexibility index (Phi) is 5.41. The Labute approximate surface area is 137 Å². The van der Waals surface area contributed by atoms with E-state index in [9.17, 15) is 14.7 Å². The third-order valence-electron chi connectivity index (χ3n) is 2.98. The van der Waals surface area contributed by atoms with Gasteiger partial charge in [0.1, 0.15) is 0 Å². The van der Waals surface area contributed by atoms with Gasteiger partial charge in [-0.1, -0.05) is 53.5 Å². The van der Waals surface area contributed by atoms with E-state index in [2.05, 4.69) is 5.32 Å². The van der Waals surface area contributed by atoms with Crippen LogP contribution >= 0.6 is 23.2 Å². The van der Waals surface area contributed by atoms with Crippen LogP contribution < -0.4 is 5.32 Å². The second-order valence-corrected chi connectivity index (χ2v) is 5.44. The second-order valence-electron chi connectivity index (χ2n) is 4.63. The Bertz CT molecular complexity index is 679. The van der Waals surface area contributed by atoms with E-state index in [4.69, 9.17) is 23.2 Å². The number of halogens is 2. The lowest BCUT2D eigenvalue weighted by molar-refractivity contribution is -0.116. The smallest absolute Gasteiger partial charge is 0.224 e. The van der Waals surface area contributed by atoms with Crippen LogP contribution in [-0.4, -0.2) is 16.8 Å². The molecule has 0 aliphatic carbocycles. The van der Waals surface area contributed by atoms with Gasteiger partial charge in [0, 0.05) is 24.1 Å². The minimum Gasteiger partial charge on any atom is -0.505 e. The maximum atomic E-state index is 11.9. The standard InChI is InChI=1S/C16H13Cl2NO3/c17-12-8-11(9-13(18)16(12)22)19-15(21)7-6-14(20)10-4-2-1-3-5-10/h1-5,8-9,22H,6-7H2,(H,19,21). The summed E-state index contributed by atoms with van der Waals surface area (Å²) in [5, 5.41) is 12.1. The lowest BCUT2D eigenvalue weighted by atomic mass is 10.1. The van der Waals surface area contributed by atoms with Crippen LogP contribution in [-0.2, 0) is 4.79 Å². The van der Waals surface area contributed by atoms with Crippen LogP contribution in [0, 0.1) is 0 Å². The highest BCUT2D eigenvalue weighted by Gasteiger charge is 2.11. The number of hydrogen-bond acceptors (Lipinski definition) is 3. The molecule has 0 saturated carbocycles. The zero-order valence-corrected chi connectivity index (χ0v) is 13.0. The van der Waals surface area contributed by atoms with Crippen LogP contribution in [0.25, 0.3) is 0 Å². The number of ketones is 1. The quantitative estimate of drug-likeness (QED) is 0.631. The normalized spacial score (nSPS) is 10.3. The van der Waals surface area contributed by atoms with E-state index in [-0.39, 0.29) is 40.3 Å². The highest BCUT2D eigenvalue weighted by atomic mass is 35.5. The van der Waals surface area contributed by atoms with Gasteiger partial charge in [-0.25, -0.2) is 0 Å². The molecule has 0 aromatic heterocycles. The topological polar surface area (TPSA) is 66.4 Å². The highest BCUT2D eigenvalue weighted by molar-refractivity contribution is 6.37. The molecule has 0 saturated heterocycles. The van der Waals surface area contributed by atoms with Gasteiger partial charge in [-0.05, 0) is 12.1 Å². The number of aromatic hydroxyl groups is 1. The number of benzene rings is 2. The SMILES string of the molecule is O=C(CCC(=O)c1ccccc1)Nc1cc(Cl)c(O)c(Cl)c1. The predicted molar refractivity (Wildman–Crippen MR) is 86.8 cm³/mol. The van der Waals surface area contributed by atoms with Gasteiger partial charge in [0.05, 0.1) is 10.0 Å². The van der Waals surface area contributed by atoms with Gasteiger partial charge >= 0.3 is 0 Å². The van der Waals surface area contributed by atoms with Crippen LogP contribution in [0.2, 0.25) is 10.0 Å². The van der Waals surface area contributed by atoms with Crippen molar-refractivity contribution in [1.29, 1.82) is 0 Å². The molecule has 2 rings (SSSR count). The molecule has 0 atom stereocenters. The molecule has 2 aromatic carbocycles. The van der Waals surface area contributed by atoms with E-state index in [0.717, 1.165) is 0 Å². The molecule has 22 heavy (non-hydrogen) atoms. The fourth-order valence-corrected chi connectivity index (χ4v) is 2.34. The summed E-state index contributed by atoms with van der Waals surface area (Å²) < 4.78 is 0.